The van der Waals surface area contributed by atoms with Crippen LogP contribution in [-0.2, 0) is 20.9 Å². The van der Waals surface area contributed by atoms with Gasteiger partial charge in [0.2, 0.25) is 17.7 Å². The van der Waals surface area contributed by atoms with Crippen molar-refractivity contribution >= 4 is 29.1 Å². The number of carbonyl (C=O) groups excluding carboxylic acids is 3. The van der Waals surface area contributed by atoms with Crippen molar-refractivity contribution in [3.05, 3.63) is 48.0 Å². The molecule has 2 heterocycles. The molecule has 174 valence electrons. The molecule has 2 aliphatic rings. The van der Waals surface area contributed by atoms with Gasteiger partial charge in [-0.3, -0.25) is 14.4 Å². The number of likely N-dealkylation sites (tertiary alicyclic amines) is 1. The van der Waals surface area contributed by atoms with Gasteiger partial charge in [0.25, 0.3) is 0 Å². The largest absolute Gasteiger partial charge is 0.493 e. The van der Waals surface area contributed by atoms with Gasteiger partial charge >= 0.3 is 0 Å². The van der Waals surface area contributed by atoms with Crippen LogP contribution in [0.25, 0.3) is 0 Å². The summed E-state index contributed by atoms with van der Waals surface area (Å²) in [6, 6.07) is 12.8. The van der Waals surface area contributed by atoms with Crippen LogP contribution in [-0.4, -0.2) is 49.9 Å². The molecule has 0 saturated carbocycles. The maximum Gasteiger partial charge on any atom is 0.229 e. The van der Waals surface area contributed by atoms with Crippen LogP contribution in [0.3, 0.4) is 0 Å². The molecular weight excluding hydrogens is 422 g/mol. The van der Waals surface area contributed by atoms with Crippen LogP contribution >= 0.6 is 0 Å². The van der Waals surface area contributed by atoms with E-state index in [4.69, 9.17) is 9.47 Å². The molecule has 2 fully saturated rings. The Labute approximate surface area is 193 Å². The number of anilines is 2. The van der Waals surface area contributed by atoms with Gasteiger partial charge in [-0.25, -0.2) is 0 Å². The maximum atomic E-state index is 12.9. The van der Waals surface area contributed by atoms with Crippen molar-refractivity contribution < 1.29 is 23.9 Å². The normalized spacial score (nSPS) is 18.4. The minimum Gasteiger partial charge on any atom is -0.493 e. The summed E-state index contributed by atoms with van der Waals surface area (Å²) >= 11 is 0. The molecule has 2 aliphatic heterocycles. The van der Waals surface area contributed by atoms with Crippen LogP contribution in [0.15, 0.2) is 42.5 Å². The summed E-state index contributed by atoms with van der Waals surface area (Å²) in [5.41, 5.74) is 2.30. The van der Waals surface area contributed by atoms with E-state index in [0.29, 0.717) is 42.4 Å². The van der Waals surface area contributed by atoms with E-state index in [1.165, 1.54) is 0 Å². The molecule has 0 spiro atoms. The Morgan fingerprint density at radius 2 is 1.85 bits per heavy atom. The van der Waals surface area contributed by atoms with Crippen molar-refractivity contribution in [3.63, 3.8) is 0 Å². The first-order chi connectivity index (χ1) is 16.0. The number of nitrogens with zero attached hydrogens (tertiary/aromatic N) is 2. The minimum absolute atomic E-state index is 0.111. The van der Waals surface area contributed by atoms with Crippen molar-refractivity contribution in [2.45, 2.75) is 32.2 Å². The van der Waals surface area contributed by atoms with Gasteiger partial charge in [-0.15, -0.1) is 0 Å². The smallest absolute Gasteiger partial charge is 0.229 e. The van der Waals surface area contributed by atoms with Crippen LogP contribution in [0.5, 0.6) is 11.5 Å². The summed E-state index contributed by atoms with van der Waals surface area (Å²) in [6.45, 7) is 1.60. The van der Waals surface area contributed by atoms with Crippen molar-refractivity contribution in [2.24, 2.45) is 5.92 Å². The average molecular weight is 452 g/mol. The Bertz CT molecular complexity index is 1050. The molecule has 0 radical (unpaired) electrons. The number of amides is 3. The highest BCUT2D eigenvalue weighted by Gasteiger charge is 2.35. The van der Waals surface area contributed by atoms with Gasteiger partial charge in [0.1, 0.15) is 0 Å². The van der Waals surface area contributed by atoms with Crippen LogP contribution in [0.4, 0.5) is 11.4 Å². The van der Waals surface area contributed by atoms with E-state index in [9.17, 15) is 14.4 Å². The standard InChI is InChI=1S/C25H29N3O5/c1-32-21-10-9-20(14-22(21)33-2)28-16-18(13-24(28)30)25(31)26-19-7-5-6-17(12-19)15-27-11-4-3-8-23(27)29/h5-7,9-10,12,14,18H,3-4,8,11,13,15-16H2,1-2H3,(H,26,31). The Morgan fingerprint density at radius 1 is 1.03 bits per heavy atom. The van der Waals surface area contributed by atoms with Gasteiger partial charge in [-0.05, 0) is 42.7 Å². The first-order valence-electron chi connectivity index (χ1n) is 11.2. The lowest BCUT2D eigenvalue weighted by Gasteiger charge is -2.27. The molecule has 0 aromatic heterocycles. The first-order valence-corrected chi connectivity index (χ1v) is 11.2. The summed E-state index contributed by atoms with van der Waals surface area (Å²) < 4.78 is 10.6. The van der Waals surface area contributed by atoms with E-state index in [-0.39, 0.29) is 24.1 Å². The van der Waals surface area contributed by atoms with E-state index >= 15 is 0 Å². The van der Waals surface area contributed by atoms with Gasteiger partial charge in [0, 0.05) is 49.9 Å². The van der Waals surface area contributed by atoms with Crippen LogP contribution < -0.4 is 19.7 Å². The van der Waals surface area contributed by atoms with Gasteiger partial charge in [-0.1, -0.05) is 12.1 Å². The molecule has 2 aromatic rings. The number of hydrogen-bond donors (Lipinski definition) is 1. The number of piperidine rings is 1. The highest BCUT2D eigenvalue weighted by molar-refractivity contribution is 6.03. The number of carbonyl (C=O) groups is 3. The van der Waals surface area contributed by atoms with Crippen molar-refractivity contribution in [1.29, 1.82) is 0 Å². The lowest BCUT2D eigenvalue weighted by Crippen LogP contribution is -2.34. The van der Waals surface area contributed by atoms with Crippen LogP contribution in [0.1, 0.15) is 31.2 Å². The number of nitrogens with one attached hydrogen (secondary N) is 1. The van der Waals surface area contributed by atoms with Crippen LogP contribution in [0, 0.1) is 5.92 Å². The zero-order valence-corrected chi connectivity index (χ0v) is 19.0. The monoisotopic (exact) mass is 451 g/mol. The molecule has 3 amide bonds. The number of hydrogen-bond acceptors (Lipinski definition) is 5. The molecule has 1 N–H and O–H groups in total. The number of methoxy groups -OCH3 is 2. The molecule has 1 atom stereocenters. The summed E-state index contributed by atoms with van der Waals surface area (Å²) in [5, 5.41) is 2.94. The second kappa shape index (κ2) is 9.94. The number of rotatable bonds is 7. The van der Waals surface area contributed by atoms with Crippen molar-refractivity contribution in [3.8, 4) is 11.5 Å². The van der Waals surface area contributed by atoms with E-state index in [0.717, 1.165) is 24.9 Å². The van der Waals surface area contributed by atoms with Gasteiger partial charge < -0.3 is 24.6 Å². The zero-order chi connectivity index (χ0) is 23.4. The molecule has 1 unspecified atom stereocenters. The average Bonchev–Trinajstić information content (AvgIpc) is 3.22. The van der Waals surface area contributed by atoms with Crippen molar-refractivity contribution in [2.75, 3.05) is 37.5 Å². The third kappa shape index (κ3) is 5.10. The van der Waals surface area contributed by atoms with E-state index in [1.807, 2.05) is 29.2 Å². The van der Waals surface area contributed by atoms with E-state index in [2.05, 4.69) is 5.32 Å². The summed E-state index contributed by atoms with van der Waals surface area (Å²) in [7, 11) is 3.09. The van der Waals surface area contributed by atoms with Crippen LogP contribution in [0.2, 0.25) is 0 Å². The molecule has 8 nitrogen and oxygen atoms in total. The zero-order valence-electron chi connectivity index (χ0n) is 19.0. The Kier molecular flexibility index (Phi) is 6.82. The van der Waals surface area contributed by atoms with Gasteiger partial charge in [0.05, 0.1) is 20.1 Å². The summed E-state index contributed by atoms with van der Waals surface area (Å²) in [5.74, 6) is 0.513. The SMILES string of the molecule is COc1ccc(N2CC(C(=O)Nc3cccc(CN4CCCCC4=O)c3)CC2=O)cc1OC. The Hall–Kier alpha value is -3.55. The topological polar surface area (TPSA) is 88.2 Å². The lowest BCUT2D eigenvalue weighted by molar-refractivity contribution is -0.133. The second-order valence-electron chi connectivity index (χ2n) is 8.41. The molecule has 4 rings (SSSR count). The molecule has 0 aliphatic carbocycles. The highest BCUT2D eigenvalue weighted by Crippen LogP contribution is 2.34. The molecule has 33 heavy (non-hydrogen) atoms. The van der Waals surface area contributed by atoms with E-state index < -0.39 is 5.92 Å². The number of benzene rings is 2. The molecule has 0 bridgehead atoms. The predicted octanol–water partition coefficient (Wildman–Crippen LogP) is 3.21. The molecule has 2 aromatic carbocycles. The van der Waals surface area contributed by atoms with Gasteiger partial charge in [-0.2, -0.15) is 0 Å². The molecule has 2 saturated heterocycles. The third-order valence-corrected chi connectivity index (χ3v) is 6.16. The fourth-order valence-corrected chi connectivity index (χ4v) is 4.37. The number of ether oxygens (including phenoxy) is 2. The fourth-order valence-electron chi connectivity index (χ4n) is 4.37. The quantitative estimate of drug-likeness (QED) is 0.699. The van der Waals surface area contributed by atoms with Crippen molar-refractivity contribution in [1.82, 2.24) is 4.90 Å². The summed E-state index contributed by atoms with van der Waals surface area (Å²) in [6.07, 6.45) is 2.71. The first kappa shape index (κ1) is 22.6. The van der Waals surface area contributed by atoms with E-state index in [1.54, 1.807) is 37.3 Å². The third-order valence-electron chi connectivity index (χ3n) is 6.16. The predicted molar refractivity (Wildman–Crippen MR) is 124 cm³/mol. The molecule has 8 heteroatoms. The Morgan fingerprint density at radius 3 is 2.61 bits per heavy atom. The molecular formula is C25H29N3O5. The van der Waals surface area contributed by atoms with Gasteiger partial charge in [0.15, 0.2) is 11.5 Å². The Balaban J connectivity index is 1.40. The minimum atomic E-state index is -0.460. The second-order valence-corrected chi connectivity index (χ2v) is 8.41. The lowest BCUT2D eigenvalue weighted by atomic mass is 10.1. The summed E-state index contributed by atoms with van der Waals surface area (Å²) in [4.78, 5) is 41.1. The maximum absolute atomic E-state index is 12.9. The fraction of sp³-hybridized carbons (Fsp3) is 0.400. The highest BCUT2D eigenvalue weighted by atomic mass is 16.5.